The maximum absolute atomic E-state index is 6.14. The van der Waals surface area contributed by atoms with Crippen LogP contribution in [0.2, 0.25) is 5.02 Å². The number of hydrogen-bond acceptors (Lipinski definition) is 4. The monoisotopic (exact) mass is 263 g/mol. The van der Waals surface area contributed by atoms with Crippen molar-refractivity contribution in [3.63, 3.8) is 0 Å². The molecule has 0 aliphatic rings. The van der Waals surface area contributed by atoms with Gasteiger partial charge in [0.15, 0.2) is 0 Å². The highest BCUT2D eigenvalue weighted by Gasteiger charge is 2.06. The van der Waals surface area contributed by atoms with E-state index >= 15 is 0 Å². The zero-order chi connectivity index (χ0) is 12.8. The molecular formula is C13H14ClN3O. The number of methoxy groups -OCH3 is 1. The van der Waals surface area contributed by atoms with Crippen molar-refractivity contribution < 1.29 is 4.74 Å². The highest BCUT2D eigenvalue weighted by atomic mass is 35.5. The van der Waals surface area contributed by atoms with Crippen LogP contribution in [0.3, 0.4) is 0 Å². The second-order valence-corrected chi connectivity index (χ2v) is 4.13. The van der Waals surface area contributed by atoms with E-state index in [-0.39, 0.29) is 0 Å². The Morgan fingerprint density at radius 3 is 2.89 bits per heavy atom. The molecule has 1 heterocycles. The molecule has 0 fully saturated rings. The molecule has 1 N–H and O–H groups in total. The van der Waals surface area contributed by atoms with Crippen molar-refractivity contribution in [1.82, 2.24) is 15.3 Å². The highest BCUT2D eigenvalue weighted by molar-refractivity contribution is 6.31. The summed E-state index contributed by atoms with van der Waals surface area (Å²) in [6.45, 7) is 1.30. The Balaban J connectivity index is 1.98. The van der Waals surface area contributed by atoms with Gasteiger partial charge in [-0.15, -0.1) is 0 Å². The number of benzene rings is 1. The van der Waals surface area contributed by atoms with E-state index in [0.717, 1.165) is 17.0 Å². The summed E-state index contributed by atoms with van der Waals surface area (Å²) in [4.78, 5) is 8.01. The van der Waals surface area contributed by atoms with Crippen LogP contribution in [0.5, 0.6) is 5.75 Å². The van der Waals surface area contributed by atoms with Crippen LogP contribution in [0.15, 0.2) is 36.8 Å². The van der Waals surface area contributed by atoms with Gasteiger partial charge in [-0.3, -0.25) is 0 Å². The molecule has 1 aromatic carbocycles. The molecule has 0 atom stereocenters. The van der Waals surface area contributed by atoms with Crippen LogP contribution in [0, 0.1) is 0 Å². The van der Waals surface area contributed by atoms with Gasteiger partial charge in [-0.1, -0.05) is 17.7 Å². The molecule has 2 rings (SSSR count). The van der Waals surface area contributed by atoms with Crippen molar-refractivity contribution in [2.24, 2.45) is 0 Å². The summed E-state index contributed by atoms with van der Waals surface area (Å²) in [7, 11) is 1.64. The van der Waals surface area contributed by atoms with Gasteiger partial charge >= 0.3 is 0 Å². The molecule has 94 valence electrons. The van der Waals surface area contributed by atoms with Gasteiger partial charge in [-0.25, -0.2) is 9.97 Å². The standard InChI is InChI=1S/C13H14ClN3O/c1-18-13-4-2-3-12(14)11(13)8-16-7-10-5-6-15-9-17-10/h2-6,9,16H,7-8H2,1H3. The SMILES string of the molecule is COc1cccc(Cl)c1CNCc1ccncn1. The van der Waals surface area contributed by atoms with Crippen LogP contribution in [0.1, 0.15) is 11.3 Å². The summed E-state index contributed by atoms with van der Waals surface area (Å²) < 4.78 is 5.28. The largest absolute Gasteiger partial charge is 0.496 e. The van der Waals surface area contributed by atoms with E-state index in [1.807, 2.05) is 24.3 Å². The Labute approximate surface area is 111 Å². The van der Waals surface area contributed by atoms with E-state index in [1.165, 1.54) is 6.33 Å². The van der Waals surface area contributed by atoms with Gasteiger partial charge in [0.2, 0.25) is 0 Å². The number of aromatic nitrogens is 2. The highest BCUT2D eigenvalue weighted by Crippen LogP contribution is 2.25. The molecule has 0 spiro atoms. The van der Waals surface area contributed by atoms with E-state index in [4.69, 9.17) is 16.3 Å². The van der Waals surface area contributed by atoms with Crippen LogP contribution in [-0.2, 0) is 13.1 Å². The Morgan fingerprint density at radius 1 is 1.28 bits per heavy atom. The minimum Gasteiger partial charge on any atom is -0.496 e. The second kappa shape index (κ2) is 6.33. The van der Waals surface area contributed by atoms with Gasteiger partial charge in [-0.05, 0) is 18.2 Å². The summed E-state index contributed by atoms with van der Waals surface area (Å²) in [6, 6.07) is 7.49. The van der Waals surface area contributed by atoms with E-state index in [1.54, 1.807) is 13.3 Å². The molecule has 0 aliphatic carbocycles. The smallest absolute Gasteiger partial charge is 0.124 e. The average molecular weight is 264 g/mol. The van der Waals surface area contributed by atoms with E-state index in [0.29, 0.717) is 18.1 Å². The minimum atomic E-state index is 0.632. The Hall–Kier alpha value is -1.65. The lowest BCUT2D eigenvalue weighted by molar-refractivity contribution is 0.407. The molecule has 0 aliphatic heterocycles. The molecule has 1 aromatic heterocycles. The zero-order valence-electron chi connectivity index (χ0n) is 10.1. The zero-order valence-corrected chi connectivity index (χ0v) is 10.8. The van der Waals surface area contributed by atoms with Crippen molar-refractivity contribution in [2.45, 2.75) is 13.1 Å². The number of ether oxygens (including phenoxy) is 1. The summed E-state index contributed by atoms with van der Waals surface area (Å²) in [5, 5.41) is 3.98. The first-order valence-electron chi connectivity index (χ1n) is 5.58. The number of hydrogen-bond donors (Lipinski definition) is 1. The molecule has 18 heavy (non-hydrogen) atoms. The van der Waals surface area contributed by atoms with Gasteiger partial charge in [-0.2, -0.15) is 0 Å². The van der Waals surface area contributed by atoms with Gasteiger partial charge in [0.25, 0.3) is 0 Å². The second-order valence-electron chi connectivity index (χ2n) is 3.72. The topological polar surface area (TPSA) is 47.0 Å². The first-order valence-corrected chi connectivity index (χ1v) is 5.96. The van der Waals surface area contributed by atoms with Crippen molar-refractivity contribution in [3.8, 4) is 5.75 Å². The van der Waals surface area contributed by atoms with Crippen LogP contribution in [-0.4, -0.2) is 17.1 Å². The first-order chi connectivity index (χ1) is 8.81. The number of nitrogens with zero attached hydrogens (tertiary/aromatic N) is 2. The van der Waals surface area contributed by atoms with Gasteiger partial charge in [0.1, 0.15) is 12.1 Å². The molecule has 5 heteroatoms. The van der Waals surface area contributed by atoms with Crippen LogP contribution in [0.4, 0.5) is 0 Å². The third-order valence-electron chi connectivity index (χ3n) is 2.55. The minimum absolute atomic E-state index is 0.632. The molecule has 2 aromatic rings. The maximum Gasteiger partial charge on any atom is 0.124 e. The summed E-state index contributed by atoms with van der Waals surface area (Å²) in [5.41, 5.74) is 1.90. The molecule has 4 nitrogen and oxygen atoms in total. The summed E-state index contributed by atoms with van der Waals surface area (Å²) >= 11 is 6.14. The fourth-order valence-electron chi connectivity index (χ4n) is 1.64. The Kier molecular flexibility index (Phi) is 4.50. The van der Waals surface area contributed by atoms with Crippen molar-refractivity contribution >= 4 is 11.6 Å². The summed E-state index contributed by atoms with van der Waals surface area (Å²) in [5.74, 6) is 0.790. The fourth-order valence-corrected chi connectivity index (χ4v) is 1.87. The lowest BCUT2D eigenvalue weighted by Crippen LogP contribution is -2.14. The molecule has 0 amide bonds. The van der Waals surface area contributed by atoms with Crippen LogP contribution < -0.4 is 10.1 Å². The molecule has 0 saturated carbocycles. The van der Waals surface area contributed by atoms with Crippen LogP contribution >= 0.6 is 11.6 Å². The predicted octanol–water partition coefficient (Wildman–Crippen LogP) is 2.43. The quantitative estimate of drug-likeness (QED) is 0.900. The van der Waals surface area contributed by atoms with Crippen LogP contribution in [0.25, 0.3) is 0 Å². The molecule has 0 saturated heterocycles. The van der Waals surface area contributed by atoms with Gasteiger partial charge in [0, 0.05) is 29.9 Å². The van der Waals surface area contributed by atoms with E-state index in [9.17, 15) is 0 Å². The van der Waals surface area contributed by atoms with E-state index < -0.39 is 0 Å². The molecule has 0 bridgehead atoms. The molecule has 0 radical (unpaired) electrons. The molecule has 0 unspecified atom stereocenters. The Morgan fingerprint density at radius 2 is 2.17 bits per heavy atom. The summed E-state index contributed by atoms with van der Waals surface area (Å²) in [6.07, 6.45) is 3.26. The predicted molar refractivity (Wildman–Crippen MR) is 70.6 cm³/mol. The van der Waals surface area contributed by atoms with E-state index in [2.05, 4.69) is 15.3 Å². The lowest BCUT2D eigenvalue weighted by Gasteiger charge is -2.11. The van der Waals surface area contributed by atoms with Crippen molar-refractivity contribution in [3.05, 3.63) is 53.1 Å². The lowest BCUT2D eigenvalue weighted by atomic mass is 10.2. The van der Waals surface area contributed by atoms with Crippen molar-refractivity contribution in [1.29, 1.82) is 0 Å². The van der Waals surface area contributed by atoms with Crippen molar-refractivity contribution in [2.75, 3.05) is 7.11 Å². The maximum atomic E-state index is 6.14. The normalized spacial score (nSPS) is 10.3. The third kappa shape index (κ3) is 3.18. The number of halogens is 1. The third-order valence-corrected chi connectivity index (χ3v) is 2.90. The van der Waals surface area contributed by atoms with Gasteiger partial charge in [0.05, 0.1) is 12.8 Å². The average Bonchev–Trinajstić information content (AvgIpc) is 2.41. The number of rotatable bonds is 5. The Bertz CT molecular complexity index is 505. The molecular weight excluding hydrogens is 250 g/mol. The first kappa shape index (κ1) is 12.8. The fraction of sp³-hybridized carbons (Fsp3) is 0.231. The van der Waals surface area contributed by atoms with Gasteiger partial charge < -0.3 is 10.1 Å². The number of nitrogens with one attached hydrogen (secondary N) is 1.